The maximum Gasteiger partial charge on any atom is 0.213 e. The smallest absolute Gasteiger partial charge is 0.213 e. The van der Waals surface area contributed by atoms with Crippen LogP contribution in [-0.2, 0) is 4.74 Å². The summed E-state index contributed by atoms with van der Waals surface area (Å²) in [4.78, 5) is 4.09. The molecule has 92 valence electrons. The molecule has 1 aliphatic rings. The molecule has 1 aromatic heterocycles. The van der Waals surface area contributed by atoms with Crippen LogP contribution in [0.4, 0.5) is 0 Å². The predicted molar refractivity (Wildman–Crippen MR) is 64.3 cm³/mol. The van der Waals surface area contributed by atoms with Crippen LogP contribution in [0, 0.1) is 5.41 Å². The van der Waals surface area contributed by atoms with E-state index in [2.05, 4.69) is 4.98 Å². The Morgan fingerprint density at radius 2 is 2.41 bits per heavy atom. The fourth-order valence-electron chi connectivity index (χ4n) is 1.74. The van der Waals surface area contributed by atoms with Crippen LogP contribution < -0.4 is 10.5 Å². The summed E-state index contributed by atoms with van der Waals surface area (Å²) in [5, 5.41) is 7.25. The SMILES string of the molecule is N=C(N)c1ccc(OCC2CCCCO2)nc1. The first kappa shape index (κ1) is 11.9. The van der Waals surface area contributed by atoms with Gasteiger partial charge in [-0.1, -0.05) is 0 Å². The molecule has 0 bridgehead atoms. The van der Waals surface area contributed by atoms with Crippen molar-refractivity contribution in [2.75, 3.05) is 13.2 Å². The average Bonchev–Trinajstić information content (AvgIpc) is 2.38. The molecule has 1 saturated heterocycles. The second-order valence-electron chi connectivity index (χ2n) is 4.10. The van der Waals surface area contributed by atoms with Gasteiger partial charge in [-0.2, -0.15) is 0 Å². The van der Waals surface area contributed by atoms with Crippen molar-refractivity contribution in [2.24, 2.45) is 5.73 Å². The third kappa shape index (κ3) is 3.42. The van der Waals surface area contributed by atoms with E-state index >= 15 is 0 Å². The zero-order chi connectivity index (χ0) is 12.1. The Morgan fingerprint density at radius 3 is 3.00 bits per heavy atom. The molecule has 0 aliphatic carbocycles. The summed E-state index contributed by atoms with van der Waals surface area (Å²) >= 11 is 0. The average molecular weight is 235 g/mol. The molecule has 2 heterocycles. The van der Waals surface area contributed by atoms with Crippen LogP contribution in [0.25, 0.3) is 0 Å². The van der Waals surface area contributed by atoms with Crippen LogP contribution >= 0.6 is 0 Å². The number of hydrogen-bond acceptors (Lipinski definition) is 4. The van der Waals surface area contributed by atoms with Gasteiger partial charge in [-0.25, -0.2) is 4.98 Å². The fourth-order valence-corrected chi connectivity index (χ4v) is 1.74. The van der Waals surface area contributed by atoms with Crippen molar-refractivity contribution in [2.45, 2.75) is 25.4 Å². The number of nitrogen functional groups attached to an aromatic ring is 1. The quantitative estimate of drug-likeness (QED) is 0.609. The van der Waals surface area contributed by atoms with Crippen molar-refractivity contribution in [1.82, 2.24) is 4.98 Å². The Hall–Kier alpha value is -1.62. The number of hydrogen-bond donors (Lipinski definition) is 2. The molecule has 5 heteroatoms. The molecule has 5 nitrogen and oxygen atoms in total. The van der Waals surface area contributed by atoms with Crippen molar-refractivity contribution in [3.8, 4) is 5.88 Å². The largest absolute Gasteiger partial charge is 0.475 e. The molecule has 0 saturated carbocycles. The van der Waals surface area contributed by atoms with Crippen LogP contribution in [-0.4, -0.2) is 30.1 Å². The minimum absolute atomic E-state index is 0.0136. The van der Waals surface area contributed by atoms with E-state index in [0.717, 1.165) is 19.4 Å². The topological polar surface area (TPSA) is 81.2 Å². The fraction of sp³-hybridized carbons (Fsp3) is 0.500. The standard InChI is InChI=1S/C12H17N3O2/c13-12(14)9-4-5-11(15-7-9)17-8-10-3-1-2-6-16-10/h4-5,7,10H,1-3,6,8H2,(H3,13,14). The number of amidine groups is 1. The van der Waals surface area contributed by atoms with Gasteiger partial charge < -0.3 is 15.2 Å². The molecule has 1 fully saturated rings. The Kier molecular flexibility index (Phi) is 3.93. The summed E-state index contributed by atoms with van der Waals surface area (Å²) in [6.07, 6.45) is 5.11. The molecule has 0 amide bonds. The van der Waals surface area contributed by atoms with E-state index in [1.165, 1.54) is 6.42 Å². The predicted octanol–water partition coefficient (Wildman–Crippen LogP) is 1.31. The lowest BCUT2D eigenvalue weighted by Gasteiger charge is -2.22. The van der Waals surface area contributed by atoms with Gasteiger partial charge in [0, 0.05) is 24.4 Å². The number of nitrogens with zero attached hydrogens (tertiary/aromatic N) is 1. The zero-order valence-corrected chi connectivity index (χ0v) is 9.69. The molecule has 0 spiro atoms. The highest BCUT2D eigenvalue weighted by molar-refractivity contribution is 5.94. The molecule has 3 N–H and O–H groups in total. The number of rotatable bonds is 4. The number of pyridine rings is 1. The highest BCUT2D eigenvalue weighted by Crippen LogP contribution is 2.14. The maximum absolute atomic E-state index is 7.25. The molecule has 0 radical (unpaired) electrons. The zero-order valence-electron chi connectivity index (χ0n) is 9.69. The Bertz CT molecular complexity index is 372. The van der Waals surface area contributed by atoms with Gasteiger partial charge in [-0.3, -0.25) is 5.41 Å². The molecule has 1 aliphatic heterocycles. The van der Waals surface area contributed by atoms with Crippen molar-refractivity contribution >= 4 is 5.84 Å². The molecular weight excluding hydrogens is 218 g/mol. The Morgan fingerprint density at radius 1 is 1.53 bits per heavy atom. The summed E-state index contributed by atoms with van der Waals surface area (Å²) in [5.41, 5.74) is 5.94. The molecule has 2 rings (SSSR count). The summed E-state index contributed by atoms with van der Waals surface area (Å²) in [5.74, 6) is 0.559. The van der Waals surface area contributed by atoms with E-state index in [0.29, 0.717) is 18.1 Å². The van der Waals surface area contributed by atoms with Gasteiger partial charge in [-0.05, 0) is 25.3 Å². The number of nitrogens with one attached hydrogen (secondary N) is 1. The lowest BCUT2D eigenvalue weighted by Crippen LogP contribution is -2.26. The van der Waals surface area contributed by atoms with Crippen LogP contribution in [0.1, 0.15) is 24.8 Å². The van der Waals surface area contributed by atoms with E-state index in [1.54, 1.807) is 18.3 Å². The monoisotopic (exact) mass is 235 g/mol. The summed E-state index contributed by atoms with van der Waals surface area (Å²) < 4.78 is 11.1. The molecular formula is C12H17N3O2. The first-order valence-electron chi connectivity index (χ1n) is 5.80. The second-order valence-corrected chi connectivity index (χ2v) is 4.10. The highest BCUT2D eigenvalue weighted by atomic mass is 16.5. The number of ether oxygens (including phenoxy) is 2. The van der Waals surface area contributed by atoms with E-state index in [4.69, 9.17) is 20.6 Å². The first-order valence-corrected chi connectivity index (χ1v) is 5.80. The van der Waals surface area contributed by atoms with Crippen LogP contribution in [0.2, 0.25) is 0 Å². The third-order valence-corrected chi connectivity index (χ3v) is 2.74. The van der Waals surface area contributed by atoms with Gasteiger partial charge in [0.25, 0.3) is 0 Å². The van der Waals surface area contributed by atoms with Gasteiger partial charge in [0.2, 0.25) is 5.88 Å². The minimum Gasteiger partial charge on any atom is -0.475 e. The molecule has 1 aromatic rings. The Labute approximate surface area is 100 Å². The lowest BCUT2D eigenvalue weighted by atomic mass is 10.1. The van der Waals surface area contributed by atoms with Crippen molar-refractivity contribution < 1.29 is 9.47 Å². The maximum atomic E-state index is 7.25. The van der Waals surface area contributed by atoms with E-state index in [1.807, 2.05) is 0 Å². The van der Waals surface area contributed by atoms with E-state index < -0.39 is 0 Å². The van der Waals surface area contributed by atoms with Crippen LogP contribution in [0.3, 0.4) is 0 Å². The van der Waals surface area contributed by atoms with Gasteiger partial charge >= 0.3 is 0 Å². The first-order chi connectivity index (χ1) is 8.25. The summed E-state index contributed by atoms with van der Waals surface area (Å²) in [7, 11) is 0. The molecule has 0 aromatic carbocycles. The van der Waals surface area contributed by atoms with Crippen LogP contribution in [0.15, 0.2) is 18.3 Å². The van der Waals surface area contributed by atoms with Crippen LogP contribution in [0.5, 0.6) is 5.88 Å². The number of aromatic nitrogens is 1. The minimum atomic E-state index is 0.0136. The lowest BCUT2D eigenvalue weighted by molar-refractivity contribution is -0.0119. The normalized spacial score (nSPS) is 19.9. The van der Waals surface area contributed by atoms with E-state index in [9.17, 15) is 0 Å². The van der Waals surface area contributed by atoms with Crippen molar-refractivity contribution in [3.05, 3.63) is 23.9 Å². The van der Waals surface area contributed by atoms with E-state index in [-0.39, 0.29) is 11.9 Å². The number of nitrogens with two attached hydrogens (primary N) is 1. The third-order valence-electron chi connectivity index (χ3n) is 2.74. The van der Waals surface area contributed by atoms with Gasteiger partial charge in [0.15, 0.2) is 0 Å². The summed E-state index contributed by atoms with van der Waals surface area (Å²) in [6, 6.07) is 3.45. The molecule has 17 heavy (non-hydrogen) atoms. The van der Waals surface area contributed by atoms with Crippen molar-refractivity contribution in [1.29, 1.82) is 5.41 Å². The second kappa shape index (κ2) is 5.63. The van der Waals surface area contributed by atoms with Crippen molar-refractivity contribution in [3.63, 3.8) is 0 Å². The molecule has 1 atom stereocenters. The van der Waals surface area contributed by atoms with Gasteiger partial charge in [-0.15, -0.1) is 0 Å². The highest BCUT2D eigenvalue weighted by Gasteiger charge is 2.14. The van der Waals surface area contributed by atoms with Gasteiger partial charge in [0.1, 0.15) is 12.4 Å². The molecule has 1 unspecified atom stereocenters. The van der Waals surface area contributed by atoms with Gasteiger partial charge in [0.05, 0.1) is 6.10 Å². The summed E-state index contributed by atoms with van der Waals surface area (Å²) in [6.45, 7) is 1.36. The Balaban J connectivity index is 1.84.